The van der Waals surface area contributed by atoms with Gasteiger partial charge in [-0.15, -0.1) is 0 Å². The van der Waals surface area contributed by atoms with Gasteiger partial charge in [0.1, 0.15) is 13.2 Å². The number of aliphatic carboxylic acids is 1. The van der Waals surface area contributed by atoms with Crippen molar-refractivity contribution in [1.82, 2.24) is 0 Å². The van der Waals surface area contributed by atoms with E-state index in [-0.39, 0.29) is 32.2 Å². The molecule has 2 atom stereocenters. The summed E-state index contributed by atoms with van der Waals surface area (Å²) >= 11 is 0. The van der Waals surface area contributed by atoms with E-state index in [2.05, 4.69) is 98.9 Å². The van der Waals surface area contributed by atoms with Crippen molar-refractivity contribution in [2.75, 3.05) is 47.5 Å². The van der Waals surface area contributed by atoms with Crippen molar-refractivity contribution in [1.29, 1.82) is 0 Å². The molecular formula is C74H131NO8. The Morgan fingerprint density at radius 1 is 0.373 bits per heavy atom. The Hall–Kier alpha value is -3.53. The number of esters is 2. The molecule has 0 saturated carbocycles. The largest absolute Gasteiger partial charge is 0.545 e. The number of rotatable bonds is 64. The fraction of sp³-hybridized carbons (Fsp3) is 0.770. The van der Waals surface area contributed by atoms with Crippen molar-refractivity contribution in [3.63, 3.8) is 0 Å². The molecule has 0 rings (SSSR count). The van der Waals surface area contributed by atoms with Gasteiger partial charge in [0.15, 0.2) is 12.4 Å². The summed E-state index contributed by atoms with van der Waals surface area (Å²) in [5.74, 6) is -2.27. The molecule has 0 aromatic heterocycles. The molecule has 0 N–H and O–H groups in total. The van der Waals surface area contributed by atoms with Crippen LogP contribution in [0.15, 0.2) is 85.1 Å². The van der Waals surface area contributed by atoms with Crippen molar-refractivity contribution < 1.29 is 42.9 Å². The van der Waals surface area contributed by atoms with Gasteiger partial charge >= 0.3 is 11.9 Å². The summed E-state index contributed by atoms with van der Waals surface area (Å²) in [7, 11) is 5.93. The number of likely N-dealkylation sites (N-methyl/N-ethyl adjacent to an activating group) is 1. The molecule has 0 aliphatic rings. The van der Waals surface area contributed by atoms with E-state index in [0.717, 1.165) is 77.0 Å². The summed E-state index contributed by atoms with van der Waals surface area (Å²) in [5, 5.41) is 11.8. The number of allylic oxidation sites excluding steroid dienone is 14. The van der Waals surface area contributed by atoms with Gasteiger partial charge in [0.05, 0.1) is 40.3 Å². The summed E-state index contributed by atoms with van der Waals surface area (Å²) < 4.78 is 22.8. The van der Waals surface area contributed by atoms with Crippen LogP contribution in [-0.2, 0) is 33.3 Å². The summed E-state index contributed by atoms with van der Waals surface area (Å²) in [4.78, 5) is 37.5. The highest BCUT2D eigenvalue weighted by molar-refractivity contribution is 5.70. The van der Waals surface area contributed by atoms with Crippen LogP contribution in [0.3, 0.4) is 0 Å². The van der Waals surface area contributed by atoms with Crippen LogP contribution in [0.4, 0.5) is 0 Å². The minimum atomic E-state index is -1.63. The summed E-state index contributed by atoms with van der Waals surface area (Å²) in [6.07, 6.45) is 83.7. The molecule has 83 heavy (non-hydrogen) atoms. The van der Waals surface area contributed by atoms with Gasteiger partial charge in [0, 0.05) is 12.8 Å². The molecule has 0 saturated heterocycles. The quantitative estimate of drug-likeness (QED) is 0.0195. The Morgan fingerprint density at radius 2 is 0.687 bits per heavy atom. The smallest absolute Gasteiger partial charge is 0.306 e. The van der Waals surface area contributed by atoms with E-state index in [9.17, 15) is 19.5 Å². The number of carboxylic acid groups (broad SMARTS) is 1. The van der Waals surface area contributed by atoms with Crippen LogP contribution in [0.2, 0.25) is 0 Å². The molecule has 0 amide bonds. The van der Waals surface area contributed by atoms with Gasteiger partial charge in [-0.05, 0) is 89.9 Å². The molecule has 0 aliphatic carbocycles. The van der Waals surface area contributed by atoms with Crippen molar-refractivity contribution in [3.05, 3.63) is 85.1 Å². The van der Waals surface area contributed by atoms with E-state index >= 15 is 0 Å². The van der Waals surface area contributed by atoms with Gasteiger partial charge in [-0.3, -0.25) is 9.59 Å². The van der Waals surface area contributed by atoms with E-state index in [1.54, 1.807) is 0 Å². The normalized spacial score (nSPS) is 13.2. The molecule has 2 unspecified atom stereocenters. The highest BCUT2D eigenvalue weighted by Crippen LogP contribution is 2.17. The van der Waals surface area contributed by atoms with Crippen molar-refractivity contribution in [2.24, 2.45) is 0 Å². The lowest BCUT2D eigenvalue weighted by Gasteiger charge is -2.26. The highest BCUT2D eigenvalue weighted by atomic mass is 16.7. The van der Waals surface area contributed by atoms with Gasteiger partial charge < -0.3 is 33.3 Å². The topological polar surface area (TPSA) is 111 Å². The zero-order chi connectivity index (χ0) is 60.5. The summed E-state index contributed by atoms with van der Waals surface area (Å²) in [6.45, 7) is 4.67. The molecule has 480 valence electrons. The Labute approximate surface area is 512 Å². The lowest BCUT2D eigenvalue weighted by Crippen LogP contribution is -2.44. The van der Waals surface area contributed by atoms with Crippen LogP contribution in [0, 0.1) is 0 Å². The zero-order valence-corrected chi connectivity index (χ0v) is 54.8. The number of carboxylic acids is 1. The molecule has 0 aromatic rings. The predicted molar refractivity (Wildman–Crippen MR) is 352 cm³/mol. The van der Waals surface area contributed by atoms with E-state index in [4.69, 9.17) is 18.9 Å². The molecular weight excluding hydrogens is 1030 g/mol. The third-order valence-electron chi connectivity index (χ3n) is 15.1. The minimum absolute atomic E-state index is 0.146. The number of hydrogen-bond acceptors (Lipinski definition) is 8. The SMILES string of the molecule is CC/C=C\C/C=C\C/C=C\C/C=C\C/C=C\C/C=C\CCCCCCCCCCCCCCC(=O)OC(COC(=O)CCCCCCCCCCCCCCCCC/C=C\CCCCCCCCCC)COC(OCC[N+](C)(C)C)C(=O)[O-]. The van der Waals surface area contributed by atoms with E-state index in [0.29, 0.717) is 23.9 Å². The second-order valence-electron chi connectivity index (χ2n) is 24.4. The third-order valence-corrected chi connectivity index (χ3v) is 15.1. The number of carbonyl (C=O) groups excluding carboxylic acids is 3. The second kappa shape index (κ2) is 64.5. The first-order valence-corrected chi connectivity index (χ1v) is 34.7. The average Bonchev–Trinajstić information content (AvgIpc) is 3.46. The number of unbranched alkanes of at least 4 members (excludes halogenated alkanes) is 35. The van der Waals surface area contributed by atoms with Gasteiger partial charge in [0.25, 0.3) is 0 Å². The zero-order valence-electron chi connectivity index (χ0n) is 54.8. The number of carbonyl (C=O) groups is 3. The number of ether oxygens (including phenoxy) is 4. The fourth-order valence-electron chi connectivity index (χ4n) is 9.83. The Bertz CT molecular complexity index is 1640. The van der Waals surface area contributed by atoms with Gasteiger partial charge in [-0.2, -0.15) is 0 Å². The Balaban J connectivity index is 4.13. The third kappa shape index (κ3) is 65.9. The molecule has 0 bridgehead atoms. The summed E-state index contributed by atoms with van der Waals surface area (Å²) in [6, 6.07) is 0. The van der Waals surface area contributed by atoms with Crippen LogP contribution in [0.1, 0.15) is 309 Å². The number of quaternary nitrogens is 1. The van der Waals surface area contributed by atoms with Crippen molar-refractivity contribution in [3.8, 4) is 0 Å². The molecule has 0 spiro atoms. The lowest BCUT2D eigenvalue weighted by molar-refractivity contribution is -0.870. The molecule has 9 nitrogen and oxygen atoms in total. The van der Waals surface area contributed by atoms with E-state index < -0.39 is 24.3 Å². The van der Waals surface area contributed by atoms with Crippen LogP contribution >= 0.6 is 0 Å². The Kier molecular flexibility index (Phi) is 61.7. The minimum Gasteiger partial charge on any atom is -0.545 e. The van der Waals surface area contributed by atoms with Gasteiger partial charge in [0.2, 0.25) is 0 Å². The molecule has 0 aromatic carbocycles. The Morgan fingerprint density at radius 3 is 1.04 bits per heavy atom. The van der Waals surface area contributed by atoms with Crippen LogP contribution in [-0.4, -0.2) is 82.3 Å². The van der Waals surface area contributed by atoms with Crippen molar-refractivity contribution in [2.45, 2.75) is 322 Å². The average molecular weight is 1160 g/mol. The molecule has 0 fully saturated rings. The molecule has 0 heterocycles. The molecule has 0 radical (unpaired) electrons. The van der Waals surface area contributed by atoms with Gasteiger partial charge in [-0.25, -0.2) is 0 Å². The summed E-state index contributed by atoms with van der Waals surface area (Å²) in [5.41, 5.74) is 0. The first kappa shape index (κ1) is 79.5. The standard InChI is InChI=1S/C74H131NO8/c1-6-8-10-12-14-16-18-20-22-24-26-28-30-32-34-35-36-37-39-41-43-45-47-49-51-53-55-57-59-61-63-65-72(77)83-70(69-82-74(73(78)79)80-67-66-75(3,4)5)68-81-71(76)64-62-60-58-56-54-52-50-48-46-44-42-40-38-33-31-29-27-25-23-21-19-17-15-13-11-9-7-2/h8,10,14,16,20,22,25-28,32,34,36-37,70,74H,6-7,9,11-13,15,17-19,21,23-24,29-31,33,35,38-69H2,1-5H3/b10-8-,16-14-,22-20-,27-25-,28-26-,34-32-,37-36-. The first-order valence-electron chi connectivity index (χ1n) is 34.7. The highest BCUT2D eigenvalue weighted by Gasteiger charge is 2.22. The van der Waals surface area contributed by atoms with Gasteiger partial charge in [-0.1, -0.05) is 292 Å². The van der Waals surface area contributed by atoms with Crippen LogP contribution in [0.25, 0.3) is 0 Å². The van der Waals surface area contributed by atoms with E-state index in [1.807, 2.05) is 21.1 Å². The maximum absolute atomic E-state index is 12.9. The number of nitrogens with zero attached hydrogens (tertiary/aromatic N) is 1. The lowest BCUT2D eigenvalue weighted by atomic mass is 10.0. The predicted octanol–water partition coefficient (Wildman–Crippen LogP) is 20.1. The first-order chi connectivity index (χ1) is 40.6. The van der Waals surface area contributed by atoms with Crippen LogP contribution < -0.4 is 5.11 Å². The molecule has 9 heteroatoms. The fourth-order valence-corrected chi connectivity index (χ4v) is 9.83. The monoisotopic (exact) mass is 1160 g/mol. The maximum atomic E-state index is 12.9. The maximum Gasteiger partial charge on any atom is 0.306 e. The second-order valence-corrected chi connectivity index (χ2v) is 24.4. The molecule has 0 aliphatic heterocycles. The number of hydrogen-bond donors (Lipinski definition) is 0. The van der Waals surface area contributed by atoms with Crippen molar-refractivity contribution >= 4 is 17.9 Å². The van der Waals surface area contributed by atoms with E-state index in [1.165, 1.54) is 199 Å². The van der Waals surface area contributed by atoms with Crippen LogP contribution in [0.5, 0.6) is 0 Å².